The molecule has 1 aliphatic rings. The van der Waals surface area contributed by atoms with E-state index in [1.807, 2.05) is 0 Å². The van der Waals surface area contributed by atoms with Crippen molar-refractivity contribution >= 4 is 11.9 Å². The van der Waals surface area contributed by atoms with E-state index >= 15 is 0 Å². The maximum atomic E-state index is 11.2. The molecule has 0 amide bonds. The SMILES string of the molecule is COc1ccccc1[C@@H]1OC(=O)C[C@H]1C(=O)[O-]. The third kappa shape index (κ3) is 2.08. The predicted molar refractivity (Wildman–Crippen MR) is 54.9 cm³/mol. The summed E-state index contributed by atoms with van der Waals surface area (Å²) < 4.78 is 10.1. The van der Waals surface area contributed by atoms with Crippen molar-refractivity contribution < 1.29 is 24.2 Å². The number of benzene rings is 1. The molecule has 0 spiro atoms. The Morgan fingerprint density at radius 1 is 1.47 bits per heavy atom. The van der Waals surface area contributed by atoms with Crippen LogP contribution in [-0.2, 0) is 14.3 Å². The highest BCUT2D eigenvalue weighted by molar-refractivity contribution is 5.82. The average Bonchev–Trinajstić information content (AvgIpc) is 2.71. The van der Waals surface area contributed by atoms with E-state index < -0.39 is 24.0 Å². The van der Waals surface area contributed by atoms with Crippen molar-refractivity contribution in [3.63, 3.8) is 0 Å². The fourth-order valence-electron chi connectivity index (χ4n) is 1.95. The Labute approximate surface area is 98.0 Å². The van der Waals surface area contributed by atoms with Crippen molar-refractivity contribution in [2.75, 3.05) is 7.11 Å². The maximum absolute atomic E-state index is 11.2. The number of carboxylic acid groups (broad SMARTS) is 1. The van der Waals surface area contributed by atoms with Crippen LogP contribution in [0.15, 0.2) is 24.3 Å². The molecule has 0 radical (unpaired) electrons. The van der Waals surface area contributed by atoms with Gasteiger partial charge in [-0.05, 0) is 6.07 Å². The first-order valence-corrected chi connectivity index (χ1v) is 5.16. The highest BCUT2D eigenvalue weighted by atomic mass is 16.6. The Hall–Kier alpha value is -2.04. The van der Waals surface area contributed by atoms with Crippen molar-refractivity contribution in [1.29, 1.82) is 0 Å². The summed E-state index contributed by atoms with van der Waals surface area (Å²) in [5, 5.41) is 10.9. The van der Waals surface area contributed by atoms with Gasteiger partial charge in [0, 0.05) is 11.5 Å². The molecule has 1 aromatic carbocycles. The summed E-state index contributed by atoms with van der Waals surface area (Å²) in [5.41, 5.74) is 0.551. The third-order valence-corrected chi connectivity index (χ3v) is 2.76. The van der Waals surface area contributed by atoms with E-state index in [1.54, 1.807) is 24.3 Å². The number of esters is 1. The van der Waals surface area contributed by atoms with Crippen molar-refractivity contribution in [2.24, 2.45) is 5.92 Å². The van der Waals surface area contributed by atoms with Crippen molar-refractivity contribution in [2.45, 2.75) is 12.5 Å². The topological polar surface area (TPSA) is 75.7 Å². The van der Waals surface area contributed by atoms with Crippen LogP contribution in [0.5, 0.6) is 5.75 Å². The summed E-state index contributed by atoms with van der Waals surface area (Å²) in [6.45, 7) is 0. The molecule has 17 heavy (non-hydrogen) atoms. The molecule has 0 unspecified atom stereocenters. The number of aliphatic carboxylic acids is 1. The Kier molecular flexibility index (Phi) is 2.99. The van der Waals surface area contributed by atoms with E-state index in [2.05, 4.69) is 0 Å². The number of carbonyl (C=O) groups is 2. The van der Waals surface area contributed by atoms with E-state index in [9.17, 15) is 14.7 Å². The molecular formula is C12H11O5-. The van der Waals surface area contributed by atoms with Crippen LogP contribution in [-0.4, -0.2) is 19.0 Å². The first kappa shape index (κ1) is 11.4. The van der Waals surface area contributed by atoms with Crippen molar-refractivity contribution in [3.05, 3.63) is 29.8 Å². The first-order chi connectivity index (χ1) is 8.13. The quantitative estimate of drug-likeness (QED) is 0.692. The number of carbonyl (C=O) groups excluding carboxylic acids is 2. The van der Waals surface area contributed by atoms with Gasteiger partial charge in [-0.15, -0.1) is 0 Å². The largest absolute Gasteiger partial charge is 0.550 e. The molecule has 1 aliphatic heterocycles. The number of hydrogen-bond donors (Lipinski definition) is 0. The summed E-state index contributed by atoms with van der Waals surface area (Å²) in [6.07, 6.45) is -0.992. The molecule has 0 bridgehead atoms. The zero-order valence-electron chi connectivity index (χ0n) is 9.21. The van der Waals surface area contributed by atoms with E-state index in [0.717, 1.165) is 0 Å². The van der Waals surface area contributed by atoms with Crippen LogP contribution in [0.4, 0.5) is 0 Å². The lowest BCUT2D eigenvalue weighted by Crippen LogP contribution is -2.33. The van der Waals surface area contributed by atoms with Crippen LogP contribution in [0.2, 0.25) is 0 Å². The number of rotatable bonds is 3. The fraction of sp³-hybridized carbons (Fsp3) is 0.333. The molecule has 90 valence electrons. The predicted octanol–water partition coefficient (Wildman–Crippen LogP) is 0.0493. The van der Waals surface area contributed by atoms with E-state index in [0.29, 0.717) is 11.3 Å². The highest BCUT2D eigenvalue weighted by Gasteiger charge is 2.38. The van der Waals surface area contributed by atoms with Crippen LogP contribution >= 0.6 is 0 Å². The summed E-state index contributed by atoms with van der Waals surface area (Å²) in [7, 11) is 1.48. The summed E-state index contributed by atoms with van der Waals surface area (Å²) in [6, 6.07) is 6.86. The molecule has 1 saturated heterocycles. The lowest BCUT2D eigenvalue weighted by molar-refractivity contribution is -0.312. The zero-order chi connectivity index (χ0) is 12.4. The average molecular weight is 235 g/mol. The van der Waals surface area contributed by atoms with Crippen LogP contribution in [0.3, 0.4) is 0 Å². The summed E-state index contributed by atoms with van der Waals surface area (Å²) >= 11 is 0. The summed E-state index contributed by atoms with van der Waals surface area (Å²) in [5.74, 6) is -2.28. The monoisotopic (exact) mass is 235 g/mol. The Morgan fingerprint density at radius 2 is 2.18 bits per heavy atom. The Balaban J connectivity index is 2.38. The Bertz CT molecular complexity index is 454. The van der Waals surface area contributed by atoms with Gasteiger partial charge in [-0.25, -0.2) is 0 Å². The van der Waals surface area contributed by atoms with Crippen LogP contribution in [0.25, 0.3) is 0 Å². The van der Waals surface area contributed by atoms with Gasteiger partial charge in [0.25, 0.3) is 0 Å². The minimum Gasteiger partial charge on any atom is -0.550 e. The molecule has 1 fully saturated rings. The molecule has 2 atom stereocenters. The molecule has 1 aromatic rings. The second kappa shape index (κ2) is 4.45. The molecule has 5 nitrogen and oxygen atoms in total. The van der Waals surface area contributed by atoms with Gasteiger partial charge in [-0.1, -0.05) is 18.2 Å². The lowest BCUT2D eigenvalue weighted by Gasteiger charge is -2.20. The molecule has 2 rings (SSSR count). The van der Waals surface area contributed by atoms with Gasteiger partial charge in [0.15, 0.2) is 0 Å². The van der Waals surface area contributed by atoms with Crippen LogP contribution in [0.1, 0.15) is 18.1 Å². The Morgan fingerprint density at radius 3 is 2.82 bits per heavy atom. The molecule has 0 aliphatic carbocycles. The van der Waals surface area contributed by atoms with Crippen molar-refractivity contribution in [3.8, 4) is 5.75 Å². The van der Waals surface area contributed by atoms with Crippen LogP contribution < -0.4 is 9.84 Å². The normalized spacial score (nSPS) is 23.2. The van der Waals surface area contributed by atoms with Crippen molar-refractivity contribution in [1.82, 2.24) is 0 Å². The van der Waals surface area contributed by atoms with Gasteiger partial charge < -0.3 is 19.4 Å². The van der Waals surface area contributed by atoms with Gasteiger partial charge >= 0.3 is 5.97 Å². The molecule has 1 heterocycles. The van der Waals surface area contributed by atoms with Gasteiger partial charge in [0.2, 0.25) is 0 Å². The van der Waals surface area contributed by atoms with E-state index in [4.69, 9.17) is 9.47 Å². The van der Waals surface area contributed by atoms with E-state index in [1.165, 1.54) is 7.11 Å². The van der Waals surface area contributed by atoms with Gasteiger partial charge in [-0.2, -0.15) is 0 Å². The third-order valence-electron chi connectivity index (χ3n) is 2.76. The smallest absolute Gasteiger partial charge is 0.307 e. The molecule has 0 aromatic heterocycles. The maximum Gasteiger partial charge on any atom is 0.307 e. The van der Waals surface area contributed by atoms with E-state index in [-0.39, 0.29) is 6.42 Å². The number of hydrogen-bond acceptors (Lipinski definition) is 5. The second-order valence-electron chi connectivity index (χ2n) is 3.78. The minimum absolute atomic E-state index is 0.162. The fourth-order valence-corrected chi connectivity index (χ4v) is 1.95. The molecule has 5 heteroatoms. The van der Waals surface area contributed by atoms with Gasteiger partial charge in [-0.3, -0.25) is 4.79 Å². The highest BCUT2D eigenvalue weighted by Crippen LogP contribution is 2.39. The van der Waals surface area contributed by atoms with Crippen LogP contribution in [0, 0.1) is 5.92 Å². The minimum atomic E-state index is -1.29. The number of cyclic esters (lactones) is 1. The standard InChI is InChI=1S/C12H12O5/c1-16-9-5-3-2-4-7(9)11-8(12(14)15)6-10(13)17-11/h2-5,8,11H,6H2,1H3,(H,14,15)/p-1/t8-,11+/m1/s1. The first-order valence-electron chi connectivity index (χ1n) is 5.16. The number of carboxylic acids is 1. The number of methoxy groups -OCH3 is 1. The van der Waals surface area contributed by atoms with Gasteiger partial charge in [0.1, 0.15) is 11.9 Å². The number of para-hydroxylation sites is 1. The number of ether oxygens (including phenoxy) is 2. The lowest BCUT2D eigenvalue weighted by atomic mass is 9.95. The molecule has 0 saturated carbocycles. The zero-order valence-corrected chi connectivity index (χ0v) is 9.21. The summed E-state index contributed by atoms with van der Waals surface area (Å²) in [4.78, 5) is 22.1. The van der Waals surface area contributed by atoms with Gasteiger partial charge in [0.05, 0.1) is 19.4 Å². The molecule has 0 N–H and O–H groups in total. The second-order valence-corrected chi connectivity index (χ2v) is 3.78. The molecular weight excluding hydrogens is 224 g/mol.